The van der Waals surface area contributed by atoms with Gasteiger partial charge in [-0.1, -0.05) is 26.0 Å². The number of rotatable bonds is 3. The first-order valence-electron chi connectivity index (χ1n) is 7.14. The molecule has 0 aliphatic carbocycles. The average molecular weight is 284 g/mol. The summed E-state index contributed by atoms with van der Waals surface area (Å²) in [4.78, 5) is 0. The molecule has 1 aliphatic heterocycles. The number of ether oxygens (including phenoxy) is 2. The van der Waals surface area contributed by atoms with Crippen LogP contribution in [0.25, 0.3) is 0 Å². The fourth-order valence-electron chi connectivity index (χ4n) is 2.87. The van der Waals surface area contributed by atoms with Crippen LogP contribution in [-0.2, 0) is 11.8 Å². The van der Waals surface area contributed by atoms with Crippen LogP contribution in [-0.4, -0.2) is 18.3 Å². The first-order valence-corrected chi connectivity index (χ1v) is 7.14. The van der Waals surface area contributed by atoms with E-state index < -0.39 is 0 Å². The minimum Gasteiger partial charge on any atom is -0.508 e. The second-order valence-corrected chi connectivity index (χ2v) is 6.06. The zero-order valence-electron chi connectivity index (χ0n) is 12.6. The predicted octanol–water partition coefficient (Wildman–Crippen LogP) is 3.68. The van der Waals surface area contributed by atoms with E-state index in [0.717, 1.165) is 23.5 Å². The summed E-state index contributed by atoms with van der Waals surface area (Å²) >= 11 is 0. The molecule has 0 fully saturated rings. The number of methoxy groups -OCH3 is 1. The zero-order chi connectivity index (χ0) is 15.0. The van der Waals surface area contributed by atoms with Gasteiger partial charge in [-0.05, 0) is 35.9 Å². The third-order valence-corrected chi connectivity index (χ3v) is 4.31. The van der Waals surface area contributed by atoms with Crippen LogP contribution in [0.3, 0.4) is 0 Å². The van der Waals surface area contributed by atoms with Crippen molar-refractivity contribution in [2.75, 3.05) is 7.11 Å². The molecule has 1 unspecified atom stereocenters. The van der Waals surface area contributed by atoms with Crippen molar-refractivity contribution in [3.63, 3.8) is 0 Å². The molecule has 0 aromatic heterocycles. The van der Waals surface area contributed by atoms with Gasteiger partial charge in [0.25, 0.3) is 0 Å². The number of phenols is 1. The topological polar surface area (TPSA) is 38.7 Å². The van der Waals surface area contributed by atoms with Gasteiger partial charge in [-0.3, -0.25) is 0 Å². The van der Waals surface area contributed by atoms with Gasteiger partial charge in [0.1, 0.15) is 23.4 Å². The summed E-state index contributed by atoms with van der Waals surface area (Å²) < 4.78 is 11.3. The van der Waals surface area contributed by atoms with Crippen molar-refractivity contribution >= 4 is 0 Å². The molecule has 0 saturated heterocycles. The molecule has 2 aromatic carbocycles. The van der Waals surface area contributed by atoms with Gasteiger partial charge in [0.05, 0.1) is 7.11 Å². The van der Waals surface area contributed by atoms with Crippen molar-refractivity contribution in [2.45, 2.75) is 31.8 Å². The van der Waals surface area contributed by atoms with Gasteiger partial charge in [-0.25, -0.2) is 0 Å². The standard InChI is InChI=1S/C18H20O3/c1-18(2)15-11-13(19)6-9-16(15)21-17(18)10-12-4-7-14(20-3)8-5-12/h4-9,11,17,19H,10H2,1-3H3. The van der Waals surface area contributed by atoms with Gasteiger partial charge in [-0.15, -0.1) is 0 Å². The molecule has 0 bridgehead atoms. The molecule has 3 nitrogen and oxygen atoms in total. The molecule has 0 spiro atoms. The van der Waals surface area contributed by atoms with E-state index in [-0.39, 0.29) is 17.3 Å². The van der Waals surface area contributed by atoms with Crippen LogP contribution in [0.4, 0.5) is 0 Å². The molecule has 1 aliphatic rings. The van der Waals surface area contributed by atoms with Gasteiger partial charge in [0.15, 0.2) is 0 Å². The Morgan fingerprint density at radius 3 is 2.52 bits per heavy atom. The maximum atomic E-state index is 9.69. The molecule has 110 valence electrons. The lowest BCUT2D eigenvalue weighted by Crippen LogP contribution is -2.34. The van der Waals surface area contributed by atoms with Crippen molar-refractivity contribution in [3.05, 3.63) is 53.6 Å². The number of aromatic hydroxyl groups is 1. The van der Waals surface area contributed by atoms with Gasteiger partial charge in [0.2, 0.25) is 0 Å². The van der Waals surface area contributed by atoms with Gasteiger partial charge in [-0.2, -0.15) is 0 Å². The van der Waals surface area contributed by atoms with Gasteiger partial charge >= 0.3 is 0 Å². The minimum atomic E-state index is -0.131. The second kappa shape index (κ2) is 4.99. The molecule has 0 amide bonds. The Labute approximate surface area is 125 Å². The number of fused-ring (bicyclic) bond motifs is 1. The zero-order valence-corrected chi connectivity index (χ0v) is 12.6. The van der Waals surface area contributed by atoms with Crippen molar-refractivity contribution in [3.8, 4) is 17.2 Å². The summed E-state index contributed by atoms with van der Waals surface area (Å²) in [5.41, 5.74) is 2.15. The van der Waals surface area contributed by atoms with E-state index in [0.29, 0.717) is 0 Å². The highest BCUT2D eigenvalue weighted by Gasteiger charge is 2.41. The molecule has 2 aromatic rings. The number of benzene rings is 2. The smallest absolute Gasteiger partial charge is 0.123 e. The first kappa shape index (κ1) is 13.8. The Morgan fingerprint density at radius 2 is 1.86 bits per heavy atom. The molecule has 0 saturated carbocycles. The highest BCUT2D eigenvalue weighted by atomic mass is 16.5. The maximum absolute atomic E-state index is 9.69. The number of hydrogen-bond acceptors (Lipinski definition) is 3. The predicted molar refractivity (Wildman–Crippen MR) is 82.2 cm³/mol. The summed E-state index contributed by atoms with van der Waals surface area (Å²) in [7, 11) is 1.67. The van der Waals surface area contributed by atoms with Crippen LogP contribution in [0.5, 0.6) is 17.2 Å². The van der Waals surface area contributed by atoms with E-state index in [1.807, 2.05) is 24.3 Å². The van der Waals surface area contributed by atoms with E-state index in [2.05, 4.69) is 26.0 Å². The third-order valence-electron chi connectivity index (χ3n) is 4.31. The fraction of sp³-hybridized carbons (Fsp3) is 0.333. The summed E-state index contributed by atoms with van der Waals surface area (Å²) in [5, 5.41) is 9.69. The Balaban J connectivity index is 1.84. The maximum Gasteiger partial charge on any atom is 0.123 e. The lowest BCUT2D eigenvalue weighted by molar-refractivity contribution is 0.166. The lowest BCUT2D eigenvalue weighted by Gasteiger charge is -2.26. The highest BCUT2D eigenvalue weighted by Crippen LogP contribution is 2.45. The SMILES string of the molecule is COc1ccc(CC2Oc3ccc(O)cc3C2(C)C)cc1. The summed E-state index contributed by atoms with van der Waals surface area (Å²) in [6.07, 6.45) is 0.884. The van der Waals surface area contributed by atoms with Gasteiger partial charge < -0.3 is 14.6 Å². The monoisotopic (exact) mass is 284 g/mol. The van der Waals surface area contributed by atoms with Crippen molar-refractivity contribution < 1.29 is 14.6 Å². The van der Waals surface area contributed by atoms with Crippen LogP contribution in [0, 0.1) is 0 Å². The molecule has 0 radical (unpaired) electrons. The van der Waals surface area contributed by atoms with E-state index >= 15 is 0 Å². The molecule has 1 heterocycles. The third kappa shape index (κ3) is 2.44. The van der Waals surface area contributed by atoms with Crippen LogP contribution in [0.2, 0.25) is 0 Å². The molecule has 3 rings (SSSR count). The Bertz CT molecular complexity index is 644. The molecule has 3 heteroatoms. The fourth-order valence-corrected chi connectivity index (χ4v) is 2.87. The average Bonchev–Trinajstić information content (AvgIpc) is 2.71. The summed E-state index contributed by atoms with van der Waals surface area (Å²) in [5.74, 6) is 2.02. The van der Waals surface area contributed by atoms with E-state index in [1.165, 1.54) is 5.56 Å². The molecule has 1 N–H and O–H groups in total. The van der Waals surface area contributed by atoms with Gasteiger partial charge in [0, 0.05) is 17.4 Å². The molecular formula is C18H20O3. The summed E-state index contributed by atoms with van der Waals surface area (Å²) in [6.45, 7) is 4.32. The van der Waals surface area contributed by atoms with Crippen LogP contribution in [0.1, 0.15) is 25.0 Å². The van der Waals surface area contributed by atoms with Crippen LogP contribution in [0.15, 0.2) is 42.5 Å². The first-order chi connectivity index (χ1) is 10.0. The largest absolute Gasteiger partial charge is 0.508 e. The lowest BCUT2D eigenvalue weighted by atomic mass is 9.79. The second-order valence-electron chi connectivity index (χ2n) is 6.06. The van der Waals surface area contributed by atoms with E-state index in [4.69, 9.17) is 9.47 Å². The van der Waals surface area contributed by atoms with E-state index in [1.54, 1.807) is 13.2 Å². The summed E-state index contributed by atoms with van der Waals surface area (Å²) in [6, 6.07) is 13.4. The Kier molecular flexibility index (Phi) is 3.28. The van der Waals surface area contributed by atoms with Crippen LogP contribution < -0.4 is 9.47 Å². The number of hydrogen-bond donors (Lipinski definition) is 1. The Morgan fingerprint density at radius 1 is 1.14 bits per heavy atom. The van der Waals surface area contributed by atoms with Crippen LogP contribution >= 0.6 is 0 Å². The minimum absolute atomic E-state index is 0.0581. The molecule has 21 heavy (non-hydrogen) atoms. The van der Waals surface area contributed by atoms with Crippen molar-refractivity contribution in [2.24, 2.45) is 0 Å². The number of phenolic OH excluding ortho intramolecular Hbond substituents is 1. The Hall–Kier alpha value is -2.16. The highest BCUT2D eigenvalue weighted by molar-refractivity contribution is 5.48. The normalized spacial score (nSPS) is 18.9. The molecule has 1 atom stereocenters. The van der Waals surface area contributed by atoms with Crippen molar-refractivity contribution in [1.29, 1.82) is 0 Å². The van der Waals surface area contributed by atoms with E-state index in [9.17, 15) is 5.11 Å². The quantitative estimate of drug-likeness (QED) is 0.934. The molecular weight excluding hydrogens is 264 g/mol. The van der Waals surface area contributed by atoms with Crippen molar-refractivity contribution in [1.82, 2.24) is 0 Å².